The molecule has 0 heterocycles. The number of nitrogens with zero attached hydrogens (tertiary/aromatic N) is 9. The highest BCUT2D eigenvalue weighted by Gasteiger charge is 2.44. The number of nitro groups is 1. The molecule has 0 bridgehead atoms. The Morgan fingerprint density at radius 3 is 1.56 bits per heavy atom. The molecular formula is C45H37N11O30S8. The Morgan fingerprint density at radius 2 is 1.04 bits per heavy atom. The van der Waals surface area contributed by atoms with Gasteiger partial charge in [0.1, 0.15) is 79.6 Å². The number of nitrogen functional groups attached to an aromatic ring is 1. The molecule has 0 saturated carbocycles. The molecule has 2 atom stereocenters. The zero-order valence-electron chi connectivity index (χ0n) is 46.0. The van der Waals surface area contributed by atoms with E-state index in [0.717, 1.165) is 26.0 Å². The predicted octanol–water partition coefficient (Wildman–Crippen LogP) is 6.08. The fraction of sp³-hybridized carbons (Fsp3) is 0.133. The summed E-state index contributed by atoms with van der Waals surface area (Å²) >= 11 is 0. The third-order valence-corrected chi connectivity index (χ3v) is 21.0. The number of carboxylic acid groups (broad SMARTS) is 1. The van der Waals surface area contributed by atoms with Crippen LogP contribution < -0.4 is 10.9 Å². The molecule has 6 aromatic carbocycles. The number of sulfonamides is 1. The number of aromatic hydroxyl groups is 3. The summed E-state index contributed by atoms with van der Waals surface area (Å²) in [7, 11) is -44.7. The molecule has 500 valence electrons. The Bertz CT molecular complexity index is 5700. The average molecular weight is 1470 g/mol. The molecule has 2 unspecified atom stereocenters. The van der Waals surface area contributed by atoms with E-state index in [1.54, 1.807) is 0 Å². The molecule has 2 aliphatic carbocycles. The Labute approximate surface area is 525 Å². The van der Waals surface area contributed by atoms with Gasteiger partial charge in [0.2, 0.25) is 10.0 Å². The zero-order valence-corrected chi connectivity index (χ0v) is 52.5. The number of nitrogens with two attached hydrogens (primary N) is 2. The van der Waals surface area contributed by atoms with E-state index >= 15 is 0 Å². The molecule has 94 heavy (non-hydrogen) atoms. The lowest BCUT2D eigenvalue weighted by Crippen LogP contribution is -2.33. The number of nitro benzene ring substituents is 1. The first-order valence-electron chi connectivity index (χ1n) is 24.3. The fourth-order valence-electron chi connectivity index (χ4n) is 9.38. The SMILES string of the molecule is CC1Cc2c(cc(S(=O)(=O)O)c(N=NC3=CC=C(S(N)(=O)=O)CC3(C)C(=O)O)c2O)C(S(=O)(=O)O)=C1N=Nc1c(S(=O)(=O)O)cc2c(S(=O)(=O)O)c(N=Nc3cc(S(=O)(=O)O)c4cc(S(=O)(=O)O)c(N=Nc5ccc([N+](=O)[O-])cc5S(=O)(=O)O)c(O)c4c3N)ccc2c1O. The van der Waals surface area contributed by atoms with Gasteiger partial charge in [-0.2, -0.15) is 69.2 Å². The Balaban J connectivity index is 1.30. The van der Waals surface area contributed by atoms with E-state index in [2.05, 4.69) is 40.9 Å². The standard InChI is InChI=1S/C45H37N11O30S8/c1-16-9-20-22(12-30(91(75,76)77)37(40(20)58)54-51-32-8-4-18(87(47,64)65)15-45(32,2)44(60)61)43(94(84,85)86)35(16)52-55-36-29(90(72,73)74)11-21-19(39(36)57)5-7-25(42(21)93(81,82)83)49-50-26-14-27(88(66,67)68)23-13-31(92(78,79)80)38(41(59)33(23)34(26)46)53-48-24-6-3-17(56(62)63)10-28(24)89(69,70)71/h3-8,10-14,16,57-59H,9,15,46H2,1-2H3,(H,60,61)(H2,47,64,65)(H,66,67,68)(H,69,70,71)(H,72,73,74)(H,75,76,77)(H,78,79,80)(H,81,82,83)(H,84,85,86). The van der Waals surface area contributed by atoms with Gasteiger partial charge in [0, 0.05) is 51.8 Å². The van der Waals surface area contributed by atoms with Crippen LogP contribution in [-0.4, -0.2) is 131 Å². The number of allylic oxidation sites excluding steroid dienone is 4. The van der Waals surface area contributed by atoms with Crippen LogP contribution in [0.3, 0.4) is 0 Å². The van der Waals surface area contributed by atoms with Crippen LogP contribution in [0.25, 0.3) is 26.5 Å². The maximum Gasteiger partial charge on any atom is 0.315 e. The maximum atomic E-state index is 13.3. The van der Waals surface area contributed by atoms with Gasteiger partial charge in [-0.1, -0.05) is 6.92 Å². The molecule has 41 nitrogen and oxygen atoms in total. The summed E-state index contributed by atoms with van der Waals surface area (Å²) in [5.74, 6) is -7.66. The van der Waals surface area contributed by atoms with Gasteiger partial charge in [-0.25, -0.2) is 13.6 Å². The average Bonchev–Trinajstić information content (AvgIpc) is 0.747. The molecule has 0 aromatic heterocycles. The van der Waals surface area contributed by atoms with Crippen LogP contribution in [0.1, 0.15) is 31.4 Å². The first-order chi connectivity index (χ1) is 42.8. The van der Waals surface area contributed by atoms with Crippen molar-refractivity contribution in [2.24, 2.45) is 57.4 Å². The normalized spacial score (nSPS) is 17.4. The minimum atomic E-state index is -5.90. The van der Waals surface area contributed by atoms with E-state index in [4.69, 9.17) is 10.9 Å². The van der Waals surface area contributed by atoms with E-state index in [-0.39, 0.29) is 24.3 Å². The number of non-ortho nitro benzene ring substituents is 1. The maximum absolute atomic E-state index is 13.3. The van der Waals surface area contributed by atoms with Crippen molar-refractivity contribution >= 4 is 159 Å². The number of hydrogen-bond donors (Lipinski definition) is 13. The third-order valence-electron chi connectivity index (χ3n) is 13.7. The summed E-state index contributed by atoms with van der Waals surface area (Å²) in [4.78, 5) is 11.5. The van der Waals surface area contributed by atoms with Crippen molar-refractivity contribution in [3.05, 3.63) is 104 Å². The number of phenolic OH excluding ortho intramolecular Hbond substituents is 3. The van der Waals surface area contributed by atoms with Gasteiger partial charge in [-0.3, -0.25) is 46.8 Å². The first-order valence-corrected chi connectivity index (χ1v) is 36.0. The predicted molar refractivity (Wildman–Crippen MR) is 314 cm³/mol. The van der Waals surface area contributed by atoms with Crippen molar-refractivity contribution in [1.82, 2.24) is 0 Å². The van der Waals surface area contributed by atoms with E-state index < -0.39 is 262 Å². The number of rotatable bonds is 18. The largest absolute Gasteiger partial charge is 0.505 e. The zero-order chi connectivity index (χ0) is 70.7. The van der Waals surface area contributed by atoms with Crippen molar-refractivity contribution in [1.29, 1.82) is 0 Å². The number of azo groups is 4. The monoisotopic (exact) mass is 1470 g/mol. The molecule has 0 amide bonds. The summed E-state index contributed by atoms with van der Waals surface area (Å²) in [6.07, 6.45) is 0.116. The molecule has 8 rings (SSSR count). The topological polar surface area (TPSA) is 707 Å². The van der Waals surface area contributed by atoms with Crippen LogP contribution >= 0.6 is 0 Å². The smallest absolute Gasteiger partial charge is 0.315 e. The van der Waals surface area contributed by atoms with Gasteiger partial charge in [0.15, 0.2) is 11.5 Å². The van der Waals surface area contributed by atoms with E-state index in [1.807, 2.05) is 0 Å². The van der Waals surface area contributed by atoms with Gasteiger partial charge >= 0.3 is 5.97 Å². The highest BCUT2D eigenvalue weighted by Crippen LogP contribution is 2.53. The number of phenols is 3. The number of fused-ring (bicyclic) bond motifs is 3. The molecule has 0 spiro atoms. The van der Waals surface area contributed by atoms with Crippen molar-refractivity contribution < 1.29 is 129 Å². The second-order valence-corrected chi connectivity index (χ2v) is 31.2. The quantitative estimate of drug-likeness (QED) is 0.0152. The van der Waals surface area contributed by atoms with Crippen LogP contribution in [0.15, 0.2) is 153 Å². The van der Waals surface area contributed by atoms with Crippen LogP contribution in [0.2, 0.25) is 0 Å². The van der Waals surface area contributed by atoms with Gasteiger partial charge in [0.25, 0.3) is 76.5 Å². The minimum Gasteiger partial charge on any atom is -0.505 e. The lowest BCUT2D eigenvalue weighted by molar-refractivity contribution is -0.385. The number of primary sulfonamides is 1. The van der Waals surface area contributed by atoms with Crippen molar-refractivity contribution in [2.75, 3.05) is 5.73 Å². The molecule has 2 aliphatic rings. The summed E-state index contributed by atoms with van der Waals surface area (Å²) < 4.78 is 277. The molecule has 0 radical (unpaired) electrons. The lowest BCUT2D eigenvalue weighted by Gasteiger charge is -2.28. The molecule has 0 saturated heterocycles. The molecule has 49 heteroatoms. The second kappa shape index (κ2) is 23.7. The summed E-state index contributed by atoms with van der Waals surface area (Å²) in [5, 5.41) is 85.5. The van der Waals surface area contributed by atoms with Gasteiger partial charge in [-0.05, 0) is 68.0 Å². The van der Waals surface area contributed by atoms with Gasteiger partial charge in [0.05, 0.1) is 32.3 Å². The highest BCUT2D eigenvalue weighted by atomic mass is 32.2. The minimum absolute atomic E-state index is 0.181. The number of aliphatic carboxylic acids is 1. The van der Waals surface area contributed by atoms with Crippen molar-refractivity contribution in [3.63, 3.8) is 0 Å². The molecule has 0 fully saturated rings. The second-order valence-electron chi connectivity index (χ2n) is 19.9. The number of carboxylic acids is 1. The Morgan fingerprint density at radius 1 is 0.553 bits per heavy atom. The third kappa shape index (κ3) is 13.5. The van der Waals surface area contributed by atoms with Crippen LogP contribution in [-0.2, 0) is 92.1 Å². The summed E-state index contributed by atoms with van der Waals surface area (Å²) in [5.41, 5.74) is -8.51. The van der Waals surface area contributed by atoms with E-state index in [0.29, 0.717) is 30.3 Å². The number of hydrogen-bond acceptors (Lipinski definition) is 31. The number of anilines is 1. The molecule has 6 aromatic rings. The molecule has 15 N–H and O–H groups in total. The van der Waals surface area contributed by atoms with E-state index in [1.165, 1.54) is 0 Å². The Kier molecular flexibility index (Phi) is 17.8. The van der Waals surface area contributed by atoms with Crippen molar-refractivity contribution in [3.8, 4) is 17.2 Å². The van der Waals surface area contributed by atoms with E-state index in [9.17, 15) is 135 Å². The fourth-order valence-corrected chi connectivity index (χ4v) is 15.2. The van der Waals surface area contributed by atoms with Gasteiger partial charge < -0.3 is 26.2 Å². The van der Waals surface area contributed by atoms with Crippen LogP contribution in [0.5, 0.6) is 17.2 Å². The lowest BCUT2D eigenvalue weighted by atomic mass is 9.80. The van der Waals surface area contributed by atoms with Gasteiger partial charge in [-0.15, -0.1) is 30.7 Å². The summed E-state index contributed by atoms with van der Waals surface area (Å²) in [6.45, 7) is 2.06. The number of carbonyl (C=O) groups is 1. The highest BCUT2D eigenvalue weighted by molar-refractivity contribution is 7.95. The molecular weight excluding hydrogens is 1430 g/mol. The first kappa shape index (κ1) is 70.7. The van der Waals surface area contributed by atoms with Crippen LogP contribution in [0, 0.1) is 21.4 Å². The summed E-state index contributed by atoms with van der Waals surface area (Å²) in [6, 6.07) is 3.64. The van der Waals surface area contributed by atoms with Crippen LogP contribution in [0.4, 0.5) is 45.5 Å². The van der Waals surface area contributed by atoms with Crippen molar-refractivity contribution in [2.45, 2.75) is 56.1 Å². The Hall–Kier alpha value is -9.19. The number of benzene rings is 6. The molecule has 0 aliphatic heterocycles.